The molecule has 1 aliphatic rings. The zero-order valence-corrected chi connectivity index (χ0v) is 15.0. The number of aromatic amines is 1. The molecular formula is C19H16F4N6. The van der Waals surface area contributed by atoms with Crippen LogP contribution in [0.3, 0.4) is 0 Å². The van der Waals surface area contributed by atoms with E-state index in [9.17, 15) is 17.6 Å². The van der Waals surface area contributed by atoms with Gasteiger partial charge in [-0.2, -0.15) is 4.98 Å². The van der Waals surface area contributed by atoms with Crippen molar-refractivity contribution >= 4 is 22.6 Å². The van der Waals surface area contributed by atoms with Gasteiger partial charge in [0.2, 0.25) is 5.95 Å². The van der Waals surface area contributed by atoms with Gasteiger partial charge in [0.25, 0.3) is 12.3 Å². The molecule has 4 aromatic heterocycles. The average Bonchev–Trinajstić information content (AvgIpc) is 3.36. The van der Waals surface area contributed by atoms with Crippen LogP contribution < -0.4 is 5.32 Å². The Morgan fingerprint density at radius 2 is 2.03 bits per heavy atom. The summed E-state index contributed by atoms with van der Waals surface area (Å²) in [6.45, 7) is -0.509. The maximum atomic E-state index is 13.8. The number of rotatable bonds is 6. The maximum Gasteiger partial charge on any atom is 0.280 e. The number of nitrogens with one attached hydrogen (secondary N) is 2. The number of alkyl halides is 4. The third kappa shape index (κ3) is 3.18. The lowest BCUT2D eigenvalue weighted by molar-refractivity contribution is -0.00831. The Kier molecular flexibility index (Phi) is 3.97. The molecule has 150 valence electrons. The fourth-order valence-electron chi connectivity index (χ4n) is 3.40. The van der Waals surface area contributed by atoms with E-state index in [1.165, 1.54) is 10.6 Å². The Bertz CT molecular complexity index is 1190. The van der Waals surface area contributed by atoms with Crippen molar-refractivity contribution in [2.75, 3.05) is 11.9 Å². The Morgan fingerprint density at radius 3 is 2.79 bits per heavy atom. The molecule has 5 rings (SSSR count). The number of halogens is 4. The highest BCUT2D eigenvalue weighted by Gasteiger charge is 2.46. The number of hydrogen-bond acceptors (Lipinski definition) is 4. The second-order valence-electron chi connectivity index (χ2n) is 7.18. The summed E-state index contributed by atoms with van der Waals surface area (Å²) in [5, 5.41) is 3.26. The molecule has 0 radical (unpaired) electrons. The van der Waals surface area contributed by atoms with Crippen LogP contribution in [0.2, 0.25) is 0 Å². The molecule has 0 spiro atoms. The standard InChI is InChI=1S/C19H16F4N6/c20-16(21)14-7-24-15-4-1-10(8-29(14)15)12-5-25-17-13(12)6-26-18(28-17)27-9-19(22,23)11-2-3-11/h1,4-8,11,16H,2-3,9H2,(H2,25,26,27,28). The van der Waals surface area contributed by atoms with Crippen LogP contribution in [0.25, 0.3) is 27.8 Å². The molecular weight excluding hydrogens is 388 g/mol. The van der Waals surface area contributed by atoms with E-state index < -0.39 is 24.8 Å². The van der Waals surface area contributed by atoms with Gasteiger partial charge in [0.15, 0.2) is 0 Å². The number of anilines is 1. The SMILES string of the molecule is FC(F)c1cnc2ccc(-c3c[nH]c4nc(NCC(F)(F)C5CC5)ncc34)cn12. The third-order valence-corrected chi connectivity index (χ3v) is 5.16. The largest absolute Gasteiger partial charge is 0.348 e. The number of nitrogens with zero attached hydrogens (tertiary/aromatic N) is 4. The van der Waals surface area contributed by atoms with Gasteiger partial charge in [-0.15, -0.1) is 0 Å². The van der Waals surface area contributed by atoms with Gasteiger partial charge in [0.1, 0.15) is 17.0 Å². The minimum Gasteiger partial charge on any atom is -0.348 e. The van der Waals surface area contributed by atoms with E-state index in [0.717, 1.165) is 6.20 Å². The summed E-state index contributed by atoms with van der Waals surface area (Å²) in [6.07, 6.45) is 4.38. The topological polar surface area (TPSA) is 70.9 Å². The summed E-state index contributed by atoms with van der Waals surface area (Å²) in [5.74, 6) is -3.23. The molecule has 4 heterocycles. The van der Waals surface area contributed by atoms with Crippen LogP contribution >= 0.6 is 0 Å². The number of pyridine rings is 1. The zero-order chi connectivity index (χ0) is 20.2. The van der Waals surface area contributed by atoms with Crippen molar-refractivity contribution < 1.29 is 17.6 Å². The third-order valence-electron chi connectivity index (χ3n) is 5.16. The predicted molar refractivity (Wildman–Crippen MR) is 99.2 cm³/mol. The Morgan fingerprint density at radius 1 is 1.21 bits per heavy atom. The quantitative estimate of drug-likeness (QED) is 0.458. The van der Waals surface area contributed by atoms with Gasteiger partial charge < -0.3 is 10.3 Å². The predicted octanol–water partition coefficient (Wildman–Crippen LogP) is 4.67. The van der Waals surface area contributed by atoms with Crippen LogP contribution in [0.15, 0.2) is 36.9 Å². The monoisotopic (exact) mass is 404 g/mol. The van der Waals surface area contributed by atoms with Crippen molar-refractivity contribution in [2.24, 2.45) is 5.92 Å². The fraction of sp³-hybridized carbons (Fsp3) is 0.316. The normalized spacial score (nSPS) is 14.9. The Balaban J connectivity index is 1.45. The lowest BCUT2D eigenvalue weighted by atomic mass is 10.1. The van der Waals surface area contributed by atoms with Crippen LogP contribution in [0.4, 0.5) is 23.5 Å². The van der Waals surface area contributed by atoms with Crippen LogP contribution in [0.1, 0.15) is 25.0 Å². The molecule has 0 saturated heterocycles. The van der Waals surface area contributed by atoms with Crippen LogP contribution in [-0.2, 0) is 0 Å². The highest BCUT2D eigenvalue weighted by molar-refractivity contribution is 5.93. The summed E-state index contributed by atoms with van der Waals surface area (Å²) >= 11 is 0. The van der Waals surface area contributed by atoms with Gasteiger partial charge in [0, 0.05) is 41.0 Å². The summed E-state index contributed by atoms with van der Waals surface area (Å²) in [7, 11) is 0. The fourth-order valence-corrected chi connectivity index (χ4v) is 3.40. The molecule has 29 heavy (non-hydrogen) atoms. The molecule has 4 aromatic rings. The summed E-state index contributed by atoms with van der Waals surface area (Å²) in [6, 6.07) is 3.42. The molecule has 1 fully saturated rings. The molecule has 1 saturated carbocycles. The molecule has 1 aliphatic carbocycles. The lowest BCUT2D eigenvalue weighted by Crippen LogP contribution is -2.29. The Labute approximate surface area is 162 Å². The lowest BCUT2D eigenvalue weighted by Gasteiger charge is -2.15. The molecule has 0 amide bonds. The molecule has 0 aromatic carbocycles. The molecule has 0 bridgehead atoms. The highest BCUT2D eigenvalue weighted by atomic mass is 19.3. The second-order valence-corrected chi connectivity index (χ2v) is 7.18. The van der Waals surface area contributed by atoms with Crippen molar-refractivity contribution in [3.05, 3.63) is 42.6 Å². The number of H-pyrrole nitrogens is 1. The summed E-state index contributed by atoms with van der Waals surface area (Å²) < 4.78 is 55.3. The maximum absolute atomic E-state index is 13.8. The van der Waals surface area contributed by atoms with E-state index in [-0.39, 0.29) is 11.6 Å². The summed E-state index contributed by atoms with van der Waals surface area (Å²) in [5.41, 5.74) is 2.08. The molecule has 0 atom stereocenters. The number of imidazole rings is 1. The number of aromatic nitrogens is 5. The van der Waals surface area contributed by atoms with E-state index in [2.05, 4.69) is 25.3 Å². The Hall–Kier alpha value is -3.17. The second kappa shape index (κ2) is 6.43. The van der Waals surface area contributed by atoms with E-state index in [0.29, 0.717) is 40.6 Å². The van der Waals surface area contributed by atoms with Crippen LogP contribution in [0.5, 0.6) is 0 Å². The first kappa shape index (κ1) is 17.9. The van der Waals surface area contributed by atoms with E-state index in [1.54, 1.807) is 24.5 Å². The van der Waals surface area contributed by atoms with Crippen molar-refractivity contribution in [1.29, 1.82) is 0 Å². The van der Waals surface area contributed by atoms with Crippen molar-refractivity contribution in [1.82, 2.24) is 24.3 Å². The number of fused-ring (bicyclic) bond motifs is 2. The van der Waals surface area contributed by atoms with Gasteiger partial charge >= 0.3 is 0 Å². The first-order valence-electron chi connectivity index (χ1n) is 9.14. The minimum absolute atomic E-state index is 0.108. The molecule has 0 aliphatic heterocycles. The minimum atomic E-state index is -2.78. The summed E-state index contributed by atoms with van der Waals surface area (Å²) in [4.78, 5) is 15.3. The molecule has 6 nitrogen and oxygen atoms in total. The van der Waals surface area contributed by atoms with Crippen molar-refractivity contribution in [3.63, 3.8) is 0 Å². The van der Waals surface area contributed by atoms with Crippen LogP contribution in [0, 0.1) is 5.92 Å². The van der Waals surface area contributed by atoms with E-state index in [1.807, 2.05) is 0 Å². The number of hydrogen-bond donors (Lipinski definition) is 2. The van der Waals surface area contributed by atoms with E-state index in [4.69, 9.17) is 0 Å². The molecule has 10 heteroatoms. The first-order chi connectivity index (χ1) is 13.9. The average molecular weight is 404 g/mol. The van der Waals surface area contributed by atoms with E-state index >= 15 is 0 Å². The van der Waals surface area contributed by atoms with Crippen LogP contribution in [-0.4, -0.2) is 36.8 Å². The van der Waals surface area contributed by atoms with Gasteiger partial charge in [0.05, 0.1) is 12.7 Å². The smallest absolute Gasteiger partial charge is 0.280 e. The van der Waals surface area contributed by atoms with Gasteiger partial charge in [-0.1, -0.05) is 0 Å². The van der Waals surface area contributed by atoms with Gasteiger partial charge in [-0.3, -0.25) is 4.40 Å². The first-order valence-corrected chi connectivity index (χ1v) is 9.14. The van der Waals surface area contributed by atoms with Crippen molar-refractivity contribution in [2.45, 2.75) is 25.2 Å². The highest BCUT2D eigenvalue weighted by Crippen LogP contribution is 2.43. The van der Waals surface area contributed by atoms with Gasteiger partial charge in [-0.05, 0) is 25.0 Å². The molecule has 2 N–H and O–H groups in total. The van der Waals surface area contributed by atoms with Crippen molar-refractivity contribution in [3.8, 4) is 11.1 Å². The zero-order valence-electron chi connectivity index (χ0n) is 15.0. The molecule has 0 unspecified atom stereocenters. The van der Waals surface area contributed by atoms with Gasteiger partial charge in [-0.25, -0.2) is 27.5 Å².